The molecule has 1 aromatic carbocycles. The number of nitrogens with zero attached hydrogens (tertiary/aromatic N) is 2. The summed E-state index contributed by atoms with van der Waals surface area (Å²) in [6, 6.07) is 10.3. The molecule has 0 bridgehead atoms. The van der Waals surface area contributed by atoms with Crippen molar-refractivity contribution < 1.29 is 9.84 Å². The van der Waals surface area contributed by atoms with E-state index in [1.54, 1.807) is 0 Å². The molecular weight excluding hydrogens is 264 g/mol. The van der Waals surface area contributed by atoms with E-state index in [2.05, 4.69) is 41.2 Å². The van der Waals surface area contributed by atoms with Gasteiger partial charge in [-0.15, -0.1) is 0 Å². The summed E-state index contributed by atoms with van der Waals surface area (Å²) in [4.78, 5) is 6.66. The second kappa shape index (κ2) is 6.10. The fourth-order valence-corrected chi connectivity index (χ4v) is 3.05. The molecule has 1 fully saturated rings. The smallest absolute Gasteiger partial charge is 0.0817 e. The average molecular weight is 286 g/mol. The molecule has 4 nitrogen and oxygen atoms in total. The highest BCUT2D eigenvalue weighted by Crippen LogP contribution is 2.23. The maximum Gasteiger partial charge on any atom is 0.0817 e. The standard InChI is InChI=1S/C17H22N2O2/c1-19(13-17(20)7-10-21-11-8-17)12-15-5-2-4-14-6-3-9-18-16(14)15/h2-6,9,20H,7-8,10-13H2,1H3. The highest BCUT2D eigenvalue weighted by atomic mass is 16.5. The zero-order valence-electron chi connectivity index (χ0n) is 12.5. The normalized spacial score (nSPS) is 18.2. The Kier molecular flexibility index (Phi) is 4.19. The van der Waals surface area contributed by atoms with Crippen LogP contribution in [0.4, 0.5) is 0 Å². The fourth-order valence-electron chi connectivity index (χ4n) is 3.05. The quantitative estimate of drug-likeness (QED) is 0.936. The van der Waals surface area contributed by atoms with Gasteiger partial charge in [0.05, 0.1) is 11.1 Å². The van der Waals surface area contributed by atoms with Crippen molar-refractivity contribution in [2.75, 3.05) is 26.8 Å². The van der Waals surface area contributed by atoms with Gasteiger partial charge in [0.2, 0.25) is 0 Å². The van der Waals surface area contributed by atoms with Crippen molar-refractivity contribution >= 4 is 10.9 Å². The van der Waals surface area contributed by atoms with E-state index in [1.807, 2.05) is 12.3 Å². The molecule has 3 rings (SSSR count). The maximum absolute atomic E-state index is 10.6. The summed E-state index contributed by atoms with van der Waals surface area (Å²) in [5, 5.41) is 11.8. The monoisotopic (exact) mass is 286 g/mol. The van der Waals surface area contributed by atoms with Crippen LogP contribution >= 0.6 is 0 Å². The van der Waals surface area contributed by atoms with Gasteiger partial charge in [-0.3, -0.25) is 9.88 Å². The molecule has 0 atom stereocenters. The third-order valence-electron chi connectivity index (χ3n) is 4.14. The molecule has 0 amide bonds. The Hall–Kier alpha value is -1.49. The van der Waals surface area contributed by atoms with E-state index in [4.69, 9.17) is 4.74 Å². The van der Waals surface area contributed by atoms with Crippen molar-refractivity contribution in [1.29, 1.82) is 0 Å². The summed E-state index contributed by atoms with van der Waals surface area (Å²) in [5.74, 6) is 0. The lowest BCUT2D eigenvalue weighted by Gasteiger charge is -2.35. The average Bonchev–Trinajstić information content (AvgIpc) is 2.48. The molecule has 21 heavy (non-hydrogen) atoms. The van der Waals surface area contributed by atoms with E-state index in [0.29, 0.717) is 32.6 Å². The summed E-state index contributed by atoms with van der Waals surface area (Å²) < 4.78 is 5.33. The minimum Gasteiger partial charge on any atom is -0.388 e. The lowest BCUT2D eigenvalue weighted by Crippen LogP contribution is -2.45. The van der Waals surface area contributed by atoms with E-state index in [-0.39, 0.29) is 0 Å². The molecule has 1 N–H and O–H groups in total. The van der Waals surface area contributed by atoms with E-state index in [1.165, 1.54) is 5.56 Å². The summed E-state index contributed by atoms with van der Waals surface area (Å²) in [6.07, 6.45) is 3.26. The second-order valence-electron chi connectivity index (χ2n) is 6.00. The molecule has 1 aromatic heterocycles. The van der Waals surface area contributed by atoms with Gasteiger partial charge in [-0.05, 0) is 18.7 Å². The number of benzene rings is 1. The van der Waals surface area contributed by atoms with Crippen LogP contribution in [0.25, 0.3) is 10.9 Å². The number of rotatable bonds is 4. The first-order valence-corrected chi connectivity index (χ1v) is 7.48. The van der Waals surface area contributed by atoms with Crippen molar-refractivity contribution in [3.05, 3.63) is 42.1 Å². The number of ether oxygens (including phenoxy) is 1. The molecule has 112 valence electrons. The van der Waals surface area contributed by atoms with E-state index >= 15 is 0 Å². The fraction of sp³-hybridized carbons (Fsp3) is 0.471. The second-order valence-corrected chi connectivity index (χ2v) is 6.00. The number of hydrogen-bond donors (Lipinski definition) is 1. The van der Waals surface area contributed by atoms with Crippen LogP contribution in [0.3, 0.4) is 0 Å². The van der Waals surface area contributed by atoms with Gasteiger partial charge in [0.1, 0.15) is 0 Å². The van der Waals surface area contributed by atoms with Gasteiger partial charge < -0.3 is 9.84 Å². The summed E-state index contributed by atoms with van der Waals surface area (Å²) in [5.41, 5.74) is 1.63. The summed E-state index contributed by atoms with van der Waals surface area (Å²) in [7, 11) is 2.05. The maximum atomic E-state index is 10.6. The number of aromatic nitrogens is 1. The molecule has 1 aliphatic rings. The zero-order chi connectivity index (χ0) is 14.7. The molecular formula is C17H22N2O2. The highest BCUT2D eigenvalue weighted by molar-refractivity contribution is 5.81. The number of para-hydroxylation sites is 1. The van der Waals surface area contributed by atoms with Crippen LogP contribution in [-0.4, -0.2) is 47.4 Å². The Balaban J connectivity index is 1.72. The first kappa shape index (κ1) is 14.4. The van der Waals surface area contributed by atoms with Crippen LogP contribution in [0, 0.1) is 0 Å². The third-order valence-corrected chi connectivity index (χ3v) is 4.14. The molecule has 4 heteroatoms. The minimum absolute atomic E-state index is 0.620. The van der Waals surface area contributed by atoms with Gasteiger partial charge in [0.15, 0.2) is 0 Å². The van der Waals surface area contributed by atoms with Crippen LogP contribution in [-0.2, 0) is 11.3 Å². The molecule has 2 heterocycles. The highest BCUT2D eigenvalue weighted by Gasteiger charge is 2.31. The number of fused-ring (bicyclic) bond motifs is 1. The first-order chi connectivity index (χ1) is 10.2. The van der Waals surface area contributed by atoms with Gasteiger partial charge in [-0.25, -0.2) is 0 Å². The molecule has 0 unspecified atom stereocenters. The Bertz CT molecular complexity index is 603. The van der Waals surface area contributed by atoms with Crippen molar-refractivity contribution in [2.45, 2.75) is 25.0 Å². The van der Waals surface area contributed by atoms with Crippen molar-refractivity contribution in [2.24, 2.45) is 0 Å². The zero-order valence-corrected chi connectivity index (χ0v) is 12.5. The lowest BCUT2D eigenvalue weighted by molar-refractivity contribution is -0.0777. The van der Waals surface area contributed by atoms with E-state index in [0.717, 1.165) is 17.4 Å². The number of hydrogen-bond acceptors (Lipinski definition) is 4. The molecule has 0 aliphatic carbocycles. The minimum atomic E-state index is -0.620. The van der Waals surface area contributed by atoms with Crippen molar-refractivity contribution in [3.8, 4) is 0 Å². The number of aliphatic hydroxyl groups is 1. The van der Waals surface area contributed by atoms with Crippen LogP contribution < -0.4 is 0 Å². The summed E-state index contributed by atoms with van der Waals surface area (Å²) in [6.45, 7) is 2.76. The van der Waals surface area contributed by atoms with Gasteiger partial charge in [0, 0.05) is 50.7 Å². The predicted octanol–water partition coefficient (Wildman–Crippen LogP) is 2.21. The Morgan fingerprint density at radius 2 is 2.00 bits per heavy atom. The summed E-state index contributed by atoms with van der Waals surface area (Å²) >= 11 is 0. The van der Waals surface area contributed by atoms with Crippen LogP contribution in [0.5, 0.6) is 0 Å². The number of likely N-dealkylation sites (N-methyl/N-ethyl adjacent to an activating group) is 1. The molecule has 1 aliphatic heterocycles. The predicted molar refractivity (Wildman–Crippen MR) is 83.1 cm³/mol. The third kappa shape index (κ3) is 3.40. The Morgan fingerprint density at radius 3 is 2.81 bits per heavy atom. The van der Waals surface area contributed by atoms with Crippen LogP contribution in [0.1, 0.15) is 18.4 Å². The molecule has 0 radical (unpaired) electrons. The van der Waals surface area contributed by atoms with Gasteiger partial charge in [-0.2, -0.15) is 0 Å². The molecule has 0 saturated carbocycles. The molecule has 1 saturated heterocycles. The van der Waals surface area contributed by atoms with Gasteiger partial charge in [0.25, 0.3) is 0 Å². The van der Waals surface area contributed by atoms with Gasteiger partial charge in [-0.1, -0.05) is 24.3 Å². The Labute approximate surface area is 125 Å². The van der Waals surface area contributed by atoms with Crippen LogP contribution in [0.15, 0.2) is 36.5 Å². The SMILES string of the molecule is CN(Cc1cccc2cccnc12)CC1(O)CCOCC1. The van der Waals surface area contributed by atoms with Gasteiger partial charge >= 0.3 is 0 Å². The lowest BCUT2D eigenvalue weighted by atomic mass is 9.94. The van der Waals surface area contributed by atoms with Crippen molar-refractivity contribution in [1.82, 2.24) is 9.88 Å². The van der Waals surface area contributed by atoms with E-state index < -0.39 is 5.60 Å². The van der Waals surface area contributed by atoms with Crippen LogP contribution in [0.2, 0.25) is 0 Å². The number of pyridine rings is 1. The Morgan fingerprint density at radius 1 is 1.24 bits per heavy atom. The first-order valence-electron chi connectivity index (χ1n) is 7.48. The molecule has 0 spiro atoms. The largest absolute Gasteiger partial charge is 0.388 e. The topological polar surface area (TPSA) is 45.6 Å². The molecule has 2 aromatic rings. The van der Waals surface area contributed by atoms with Crippen molar-refractivity contribution in [3.63, 3.8) is 0 Å². The van der Waals surface area contributed by atoms with E-state index in [9.17, 15) is 5.11 Å².